The maximum atomic E-state index is 13.0. The number of hydrogen-bond acceptors (Lipinski definition) is 4. The van der Waals surface area contributed by atoms with Gasteiger partial charge in [0.15, 0.2) is 0 Å². The number of halogens is 1. The molecular formula is C24H27FN4. The first-order chi connectivity index (χ1) is 13.9. The number of aromatic nitrogens is 2. The van der Waals surface area contributed by atoms with Crippen LogP contribution in [0.15, 0.2) is 59.9 Å². The van der Waals surface area contributed by atoms with Gasteiger partial charge < -0.3 is 5.73 Å². The highest BCUT2D eigenvalue weighted by Gasteiger charge is 2.16. The van der Waals surface area contributed by atoms with E-state index in [0.717, 1.165) is 39.0 Å². The number of nitrogens with zero attached hydrogens (tertiary/aromatic N) is 3. The Morgan fingerprint density at radius 2 is 2.03 bits per heavy atom. The van der Waals surface area contributed by atoms with Crippen molar-refractivity contribution in [2.75, 3.05) is 13.2 Å². The molecule has 0 fully saturated rings. The minimum Gasteiger partial charge on any atom is -0.404 e. The molecule has 2 aromatic heterocycles. The lowest BCUT2D eigenvalue weighted by Crippen LogP contribution is -2.15. The Kier molecular flexibility index (Phi) is 6.37. The number of aliphatic imine (C=N–C) groups is 1. The molecule has 3 aromatic rings. The van der Waals surface area contributed by atoms with Gasteiger partial charge in [0.05, 0.1) is 17.9 Å². The second kappa shape index (κ2) is 8.95. The predicted molar refractivity (Wildman–Crippen MR) is 120 cm³/mol. The van der Waals surface area contributed by atoms with Crippen LogP contribution in [0, 0.1) is 12.3 Å². The predicted octanol–water partition coefficient (Wildman–Crippen LogP) is 5.36. The average Bonchev–Trinajstić information content (AvgIpc) is 2.74. The number of benzene rings is 1. The zero-order valence-electron chi connectivity index (χ0n) is 17.2. The van der Waals surface area contributed by atoms with Crippen LogP contribution in [0.3, 0.4) is 0 Å². The summed E-state index contributed by atoms with van der Waals surface area (Å²) in [6.45, 7) is 5.95. The summed E-state index contributed by atoms with van der Waals surface area (Å²) in [5.74, 6) is 0. The van der Waals surface area contributed by atoms with E-state index in [1.54, 1.807) is 18.6 Å². The molecule has 0 spiro atoms. The summed E-state index contributed by atoms with van der Waals surface area (Å²) in [7, 11) is 0. The van der Waals surface area contributed by atoms with Gasteiger partial charge in [0, 0.05) is 52.9 Å². The number of aryl methyl sites for hydroxylation is 1. The van der Waals surface area contributed by atoms with Gasteiger partial charge in [-0.15, -0.1) is 0 Å². The van der Waals surface area contributed by atoms with Gasteiger partial charge in [-0.25, -0.2) is 0 Å². The third-order valence-electron chi connectivity index (χ3n) is 4.91. The maximum Gasteiger partial charge on any atom is 0.0946 e. The molecule has 2 N–H and O–H groups in total. The summed E-state index contributed by atoms with van der Waals surface area (Å²) in [5.41, 5.74) is 10.9. The second-order valence-corrected chi connectivity index (χ2v) is 7.96. The fourth-order valence-corrected chi connectivity index (χ4v) is 3.02. The highest BCUT2D eigenvalue weighted by atomic mass is 19.1. The molecule has 0 radical (unpaired) electrons. The first kappa shape index (κ1) is 20.6. The van der Waals surface area contributed by atoms with Gasteiger partial charge in [0.1, 0.15) is 0 Å². The first-order valence-electron chi connectivity index (χ1n) is 9.74. The fraction of sp³-hybridized carbons (Fsp3) is 0.292. The van der Waals surface area contributed by atoms with Gasteiger partial charge in [-0.1, -0.05) is 38.1 Å². The molecule has 0 saturated carbocycles. The molecule has 29 heavy (non-hydrogen) atoms. The van der Waals surface area contributed by atoms with Gasteiger partial charge >= 0.3 is 0 Å². The smallest absolute Gasteiger partial charge is 0.0946 e. The van der Waals surface area contributed by atoms with E-state index >= 15 is 0 Å². The number of fused-ring (bicyclic) bond motifs is 1. The molecule has 0 aliphatic carbocycles. The number of pyridine rings is 2. The van der Waals surface area contributed by atoms with Crippen molar-refractivity contribution >= 4 is 22.7 Å². The van der Waals surface area contributed by atoms with Crippen LogP contribution in [0.5, 0.6) is 0 Å². The molecular weight excluding hydrogens is 363 g/mol. The van der Waals surface area contributed by atoms with Gasteiger partial charge in [-0.05, 0) is 37.0 Å². The maximum absolute atomic E-state index is 13.0. The van der Waals surface area contributed by atoms with E-state index in [4.69, 9.17) is 10.7 Å². The molecule has 0 aliphatic rings. The van der Waals surface area contributed by atoms with E-state index in [-0.39, 0.29) is 12.1 Å². The largest absolute Gasteiger partial charge is 0.404 e. The van der Waals surface area contributed by atoms with E-state index in [1.807, 2.05) is 63.2 Å². The molecule has 3 rings (SSSR count). The quantitative estimate of drug-likeness (QED) is 0.552. The highest BCUT2D eigenvalue weighted by molar-refractivity contribution is 6.11. The van der Waals surface area contributed by atoms with E-state index in [0.29, 0.717) is 13.0 Å². The number of alkyl halides is 1. The molecule has 1 aromatic carbocycles. The van der Waals surface area contributed by atoms with E-state index in [2.05, 4.69) is 9.98 Å². The lowest BCUT2D eigenvalue weighted by Gasteiger charge is -2.18. The zero-order valence-corrected chi connectivity index (χ0v) is 17.2. The van der Waals surface area contributed by atoms with Gasteiger partial charge in [0.2, 0.25) is 0 Å². The molecule has 0 aliphatic heterocycles. The zero-order chi connectivity index (χ0) is 20.9. The van der Waals surface area contributed by atoms with Crippen LogP contribution < -0.4 is 5.73 Å². The Bertz CT molecular complexity index is 1050. The monoisotopic (exact) mass is 390 g/mol. The van der Waals surface area contributed by atoms with Crippen LogP contribution in [0.1, 0.15) is 31.5 Å². The van der Waals surface area contributed by atoms with Crippen molar-refractivity contribution in [3.63, 3.8) is 0 Å². The van der Waals surface area contributed by atoms with E-state index < -0.39 is 0 Å². The van der Waals surface area contributed by atoms with Crippen LogP contribution in [-0.4, -0.2) is 29.4 Å². The van der Waals surface area contributed by atoms with Crippen LogP contribution in [-0.2, 0) is 0 Å². The van der Waals surface area contributed by atoms with Crippen LogP contribution in [0.4, 0.5) is 4.39 Å². The van der Waals surface area contributed by atoms with Crippen LogP contribution in [0.25, 0.3) is 27.7 Å². The van der Waals surface area contributed by atoms with Crippen molar-refractivity contribution in [3.05, 3.63) is 66.1 Å². The SMILES string of the molecule is Cc1ccc(/C(C=NCCC(C)(C)CF)=C/N)c(-c2ccc3cccnc3c2)n1. The Hall–Kier alpha value is -3.08. The minimum absolute atomic E-state index is 0.357. The third kappa shape index (κ3) is 5.05. The summed E-state index contributed by atoms with van der Waals surface area (Å²) in [6, 6.07) is 14.1. The minimum atomic E-state index is -0.362. The molecule has 0 saturated heterocycles. The third-order valence-corrected chi connectivity index (χ3v) is 4.91. The highest BCUT2D eigenvalue weighted by Crippen LogP contribution is 2.29. The molecule has 5 heteroatoms. The molecule has 4 nitrogen and oxygen atoms in total. The summed E-state index contributed by atoms with van der Waals surface area (Å²) in [4.78, 5) is 13.7. The second-order valence-electron chi connectivity index (χ2n) is 7.96. The summed E-state index contributed by atoms with van der Waals surface area (Å²) in [6.07, 6.45) is 5.75. The van der Waals surface area contributed by atoms with Gasteiger partial charge in [0.25, 0.3) is 0 Å². The molecule has 0 unspecified atom stereocenters. The van der Waals surface area contributed by atoms with Gasteiger partial charge in [-0.3, -0.25) is 19.4 Å². The standard InChI is InChI=1S/C24H27FN4/c1-17-6-9-21(20(14-26)15-27-12-10-24(2,3)16-25)23(29-17)19-8-7-18-5-4-11-28-22(18)13-19/h4-9,11,13-15H,10,12,16,26H2,1-3H3/b20-14+,27-15?. The molecule has 0 amide bonds. The summed E-state index contributed by atoms with van der Waals surface area (Å²) < 4.78 is 13.0. The number of rotatable bonds is 7. The Morgan fingerprint density at radius 3 is 2.79 bits per heavy atom. The number of hydrogen-bond donors (Lipinski definition) is 1. The van der Waals surface area contributed by atoms with Crippen molar-refractivity contribution in [1.29, 1.82) is 0 Å². The Labute approximate surface area is 171 Å². The van der Waals surface area contributed by atoms with Crippen molar-refractivity contribution < 1.29 is 4.39 Å². The fourth-order valence-electron chi connectivity index (χ4n) is 3.02. The molecule has 150 valence electrons. The van der Waals surface area contributed by atoms with Crippen molar-refractivity contribution in [2.24, 2.45) is 16.1 Å². The van der Waals surface area contributed by atoms with E-state index in [1.165, 1.54) is 0 Å². The van der Waals surface area contributed by atoms with Crippen LogP contribution >= 0.6 is 0 Å². The van der Waals surface area contributed by atoms with Crippen LogP contribution in [0.2, 0.25) is 0 Å². The Morgan fingerprint density at radius 1 is 1.21 bits per heavy atom. The Balaban J connectivity index is 1.94. The number of nitrogens with two attached hydrogens (primary N) is 1. The van der Waals surface area contributed by atoms with Crippen molar-refractivity contribution in [1.82, 2.24) is 9.97 Å². The average molecular weight is 391 g/mol. The topological polar surface area (TPSA) is 64.2 Å². The summed E-state index contributed by atoms with van der Waals surface area (Å²) in [5, 5.41) is 1.08. The number of allylic oxidation sites excluding steroid dienone is 1. The molecule has 2 heterocycles. The molecule has 0 bridgehead atoms. The van der Waals surface area contributed by atoms with Crippen molar-refractivity contribution in [2.45, 2.75) is 27.2 Å². The first-order valence-corrected chi connectivity index (χ1v) is 9.74. The van der Waals surface area contributed by atoms with E-state index in [9.17, 15) is 4.39 Å². The normalized spacial score (nSPS) is 12.8. The lowest BCUT2D eigenvalue weighted by atomic mass is 9.91. The molecule has 0 atom stereocenters. The van der Waals surface area contributed by atoms with Gasteiger partial charge in [-0.2, -0.15) is 0 Å². The van der Waals surface area contributed by atoms with Crippen molar-refractivity contribution in [3.8, 4) is 11.3 Å². The summed E-state index contributed by atoms with van der Waals surface area (Å²) >= 11 is 0. The lowest BCUT2D eigenvalue weighted by molar-refractivity contribution is 0.244.